The lowest BCUT2D eigenvalue weighted by Crippen LogP contribution is -2.06. The number of hydrogen-bond acceptors (Lipinski definition) is 3. The Labute approximate surface area is 103 Å². The van der Waals surface area contributed by atoms with Gasteiger partial charge in [-0.15, -0.1) is 0 Å². The van der Waals surface area contributed by atoms with E-state index in [0.717, 1.165) is 12.1 Å². The van der Waals surface area contributed by atoms with Crippen LogP contribution in [0.15, 0.2) is 18.3 Å². The van der Waals surface area contributed by atoms with E-state index in [4.69, 9.17) is 10.5 Å². The van der Waals surface area contributed by atoms with E-state index in [1.54, 1.807) is 11.6 Å². The molecule has 2 aromatic rings. The van der Waals surface area contributed by atoms with Crippen LogP contribution < -0.4 is 10.5 Å². The number of aromatic nitrogens is 2. The maximum atomic E-state index is 13.9. The Hall–Kier alpha value is -1.95. The van der Waals surface area contributed by atoms with Gasteiger partial charge in [0.25, 0.3) is 0 Å². The van der Waals surface area contributed by atoms with Crippen molar-refractivity contribution < 1.29 is 13.5 Å². The minimum atomic E-state index is -0.621. The number of nitrogens with zero attached hydrogens (tertiary/aromatic N) is 2. The molecule has 0 saturated heterocycles. The van der Waals surface area contributed by atoms with Gasteiger partial charge >= 0.3 is 0 Å². The molecule has 0 saturated carbocycles. The normalized spacial score (nSPS) is 10.7. The number of rotatable bonds is 3. The van der Waals surface area contributed by atoms with E-state index in [9.17, 15) is 8.78 Å². The standard InChI is InChI=1S/C12H13F2N3O/c1-17-10(6-16-12(17)5-15)7-3-9(14)11(18-2)4-8(7)13/h3-4,6H,5,15H2,1-2H3. The van der Waals surface area contributed by atoms with E-state index in [0.29, 0.717) is 11.5 Å². The highest BCUT2D eigenvalue weighted by molar-refractivity contribution is 5.61. The van der Waals surface area contributed by atoms with Gasteiger partial charge in [0.2, 0.25) is 0 Å². The lowest BCUT2D eigenvalue weighted by Gasteiger charge is -2.08. The number of methoxy groups -OCH3 is 1. The van der Waals surface area contributed by atoms with Gasteiger partial charge in [-0.1, -0.05) is 0 Å². The molecule has 1 aromatic carbocycles. The summed E-state index contributed by atoms with van der Waals surface area (Å²) in [7, 11) is 2.99. The first kappa shape index (κ1) is 12.5. The van der Waals surface area contributed by atoms with Crippen molar-refractivity contribution in [2.75, 3.05) is 7.11 Å². The Morgan fingerprint density at radius 1 is 1.33 bits per heavy atom. The highest BCUT2D eigenvalue weighted by Gasteiger charge is 2.15. The van der Waals surface area contributed by atoms with Crippen LogP contribution in [0.5, 0.6) is 5.75 Å². The SMILES string of the molecule is COc1cc(F)c(-c2cnc(CN)n2C)cc1F. The van der Waals surface area contributed by atoms with Gasteiger partial charge in [-0.2, -0.15) is 0 Å². The fourth-order valence-electron chi connectivity index (χ4n) is 1.77. The van der Waals surface area contributed by atoms with Gasteiger partial charge in [-0.25, -0.2) is 13.8 Å². The van der Waals surface area contributed by atoms with E-state index >= 15 is 0 Å². The Morgan fingerprint density at radius 2 is 2.06 bits per heavy atom. The van der Waals surface area contributed by atoms with E-state index in [-0.39, 0.29) is 17.9 Å². The zero-order valence-corrected chi connectivity index (χ0v) is 10.1. The molecule has 0 bridgehead atoms. The van der Waals surface area contributed by atoms with Crippen molar-refractivity contribution in [3.63, 3.8) is 0 Å². The molecule has 0 spiro atoms. The van der Waals surface area contributed by atoms with Crippen molar-refractivity contribution in [2.45, 2.75) is 6.54 Å². The summed E-state index contributed by atoms with van der Waals surface area (Å²) in [6, 6.07) is 2.10. The molecule has 2 N–H and O–H groups in total. The second-order valence-corrected chi connectivity index (χ2v) is 3.79. The fraction of sp³-hybridized carbons (Fsp3) is 0.250. The lowest BCUT2D eigenvalue weighted by molar-refractivity contribution is 0.383. The van der Waals surface area contributed by atoms with Crippen molar-refractivity contribution in [1.82, 2.24) is 9.55 Å². The molecule has 2 rings (SSSR count). The molecule has 0 radical (unpaired) electrons. The highest BCUT2D eigenvalue weighted by atomic mass is 19.1. The molecule has 0 aliphatic carbocycles. The molecule has 0 atom stereocenters. The van der Waals surface area contributed by atoms with E-state index in [1.807, 2.05) is 0 Å². The fourth-order valence-corrected chi connectivity index (χ4v) is 1.77. The van der Waals surface area contributed by atoms with E-state index < -0.39 is 11.6 Å². The lowest BCUT2D eigenvalue weighted by atomic mass is 10.1. The number of hydrogen-bond donors (Lipinski definition) is 1. The van der Waals surface area contributed by atoms with Crippen molar-refractivity contribution >= 4 is 0 Å². The summed E-state index contributed by atoms with van der Waals surface area (Å²) in [6.45, 7) is 0.233. The molecule has 0 fully saturated rings. The Bertz CT molecular complexity index is 581. The topological polar surface area (TPSA) is 53.1 Å². The molecule has 96 valence electrons. The molecule has 0 aliphatic rings. The second kappa shape index (κ2) is 4.73. The minimum Gasteiger partial charge on any atom is -0.494 e. The Balaban J connectivity index is 2.57. The van der Waals surface area contributed by atoms with Crippen LogP contribution in [-0.2, 0) is 13.6 Å². The second-order valence-electron chi connectivity index (χ2n) is 3.79. The molecule has 0 aliphatic heterocycles. The molecule has 4 nitrogen and oxygen atoms in total. The first-order valence-corrected chi connectivity index (χ1v) is 5.32. The van der Waals surface area contributed by atoms with Crippen molar-refractivity contribution in [3.8, 4) is 17.0 Å². The zero-order chi connectivity index (χ0) is 13.3. The van der Waals surface area contributed by atoms with Crippen molar-refractivity contribution in [2.24, 2.45) is 12.8 Å². The molecule has 0 amide bonds. The predicted octanol–water partition coefficient (Wildman–Crippen LogP) is 1.83. The van der Waals surface area contributed by atoms with Crippen LogP contribution >= 0.6 is 0 Å². The number of nitrogens with two attached hydrogens (primary N) is 1. The zero-order valence-electron chi connectivity index (χ0n) is 10.1. The first-order chi connectivity index (χ1) is 8.58. The monoisotopic (exact) mass is 253 g/mol. The summed E-state index contributed by atoms with van der Waals surface area (Å²) in [5, 5.41) is 0. The average molecular weight is 253 g/mol. The smallest absolute Gasteiger partial charge is 0.165 e. The summed E-state index contributed by atoms with van der Waals surface area (Å²) < 4.78 is 33.8. The predicted molar refractivity (Wildman–Crippen MR) is 63.0 cm³/mol. The average Bonchev–Trinajstić information content (AvgIpc) is 2.72. The summed E-state index contributed by atoms with van der Waals surface area (Å²) in [5.41, 5.74) is 6.08. The third kappa shape index (κ3) is 1.95. The maximum absolute atomic E-state index is 13.9. The molecule has 0 unspecified atom stereocenters. The van der Waals surface area contributed by atoms with Gasteiger partial charge in [0, 0.05) is 18.7 Å². The summed E-state index contributed by atoms with van der Waals surface area (Å²) in [4.78, 5) is 4.04. The minimum absolute atomic E-state index is 0.127. The molecule has 1 heterocycles. The van der Waals surface area contributed by atoms with Crippen LogP contribution in [-0.4, -0.2) is 16.7 Å². The number of benzene rings is 1. The molecule has 6 heteroatoms. The van der Waals surface area contributed by atoms with E-state index in [2.05, 4.69) is 4.98 Å². The van der Waals surface area contributed by atoms with Gasteiger partial charge < -0.3 is 15.0 Å². The largest absolute Gasteiger partial charge is 0.494 e. The number of ether oxygens (including phenoxy) is 1. The van der Waals surface area contributed by atoms with Gasteiger partial charge in [0.15, 0.2) is 11.6 Å². The summed E-state index contributed by atoms with van der Waals surface area (Å²) >= 11 is 0. The summed E-state index contributed by atoms with van der Waals surface area (Å²) in [6.07, 6.45) is 1.46. The van der Waals surface area contributed by atoms with Crippen LogP contribution in [0.3, 0.4) is 0 Å². The van der Waals surface area contributed by atoms with Gasteiger partial charge in [-0.3, -0.25) is 0 Å². The first-order valence-electron chi connectivity index (χ1n) is 5.32. The Morgan fingerprint density at radius 3 is 2.61 bits per heavy atom. The molecule has 1 aromatic heterocycles. The number of imidazole rings is 1. The summed E-state index contributed by atoms with van der Waals surface area (Å²) in [5.74, 6) is -0.720. The van der Waals surface area contributed by atoms with Gasteiger partial charge in [-0.05, 0) is 6.07 Å². The van der Waals surface area contributed by atoms with Gasteiger partial charge in [0.1, 0.15) is 11.6 Å². The van der Waals surface area contributed by atoms with Crippen molar-refractivity contribution in [3.05, 3.63) is 35.8 Å². The third-order valence-corrected chi connectivity index (χ3v) is 2.78. The molecular formula is C12H13F2N3O. The van der Waals surface area contributed by atoms with Crippen LogP contribution in [0.4, 0.5) is 8.78 Å². The third-order valence-electron chi connectivity index (χ3n) is 2.78. The molecule has 18 heavy (non-hydrogen) atoms. The number of halogens is 2. The van der Waals surface area contributed by atoms with Crippen LogP contribution in [0.25, 0.3) is 11.3 Å². The van der Waals surface area contributed by atoms with E-state index in [1.165, 1.54) is 13.3 Å². The van der Waals surface area contributed by atoms with Gasteiger partial charge in [0.05, 0.1) is 25.5 Å². The maximum Gasteiger partial charge on any atom is 0.165 e. The molecular weight excluding hydrogens is 240 g/mol. The van der Waals surface area contributed by atoms with Crippen LogP contribution in [0, 0.1) is 11.6 Å². The van der Waals surface area contributed by atoms with Crippen molar-refractivity contribution in [1.29, 1.82) is 0 Å². The van der Waals surface area contributed by atoms with Crippen LogP contribution in [0.2, 0.25) is 0 Å². The Kier molecular flexibility index (Phi) is 3.29. The van der Waals surface area contributed by atoms with Crippen LogP contribution in [0.1, 0.15) is 5.82 Å². The highest BCUT2D eigenvalue weighted by Crippen LogP contribution is 2.29. The quantitative estimate of drug-likeness (QED) is 0.908.